The number of carbonyl (C=O) groups is 1. The first-order valence-corrected chi connectivity index (χ1v) is 11.4. The van der Waals surface area contributed by atoms with E-state index in [9.17, 15) is 13.2 Å². The van der Waals surface area contributed by atoms with Crippen LogP contribution in [0.15, 0.2) is 47.4 Å². The van der Waals surface area contributed by atoms with Crippen LogP contribution in [0.4, 0.5) is 0 Å². The third-order valence-corrected chi connectivity index (χ3v) is 6.57. The van der Waals surface area contributed by atoms with E-state index in [0.29, 0.717) is 11.3 Å². The van der Waals surface area contributed by atoms with Crippen LogP contribution in [0.1, 0.15) is 49.4 Å². The van der Waals surface area contributed by atoms with Crippen LogP contribution in [0.25, 0.3) is 0 Å². The lowest BCUT2D eigenvalue weighted by molar-refractivity contribution is -0.124. The molecule has 0 aliphatic heterocycles. The second-order valence-corrected chi connectivity index (χ2v) is 9.42. The van der Waals surface area contributed by atoms with Crippen molar-refractivity contribution in [3.05, 3.63) is 59.2 Å². The standard InChI is InChI=1S/C22H28N2O4S/c1-15(2)24-29(26,27)18-11-12-21(16(3)13-18)28-14-22(25)23-20-10-6-8-17-7-4-5-9-19(17)20/h4-5,7,9,11-13,15,20,24H,6,8,10,14H2,1-3H3,(H,23,25). The van der Waals surface area contributed by atoms with E-state index in [1.54, 1.807) is 32.9 Å². The minimum absolute atomic E-state index is 0.00627. The Bertz CT molecular complexity index is 986. The Hall–Kier alpha value is -2.38. The molecule has 0 radical (unpaired) electrons. The summed E-state index contributed by atoms with van der Waals surface area (Å²) in [5, 5.41) is 3.05. The highest BCUT2D eigenvalue weighted by molar-refractivity contribution is 7.89. The minimum Gasteiger partial charge on any atom is -0.484 e. The zero-order chi connectivity index (χ0) is 21.0. The molecule has 0 heterocycles. The summed E-state index contributed by atoms with van der Waals surface area (Å²) in [4.78, 5) is 12.6. The highest BCUT2D eigenvalue weighted by Crippen LogP contribution is 2.29. The van der Waals surface area contributed by atoms with Crippen LogP contribution < -0.4 is 14.8 Å². The molecule has 0 bridgehead atoms. The fourth-order valence-electron chi connectivity index (χ4n) is 3.61. The average Bonchev–Trinajstić information content (AvgIpc) is 2.66. The van der Waals surface area contributed by atoms with Crippen molar-refractivity contribution in [2.45, 2.75) is 57.0 Å². The normalized spacial score (nSPS) is 16.3. The Kier molecular flexibility index (Phi) is 6.59. The van der Waals surface area contributed by atoms with Gasteiger partial charge in [0.1, 0.15) is 5.75 Å². The van der Waals surface area contributed by atoms with Crippen molar-refractivity contribution in [2.75, 3.05) is 6.61 Å². The number of carbonyl (C=O) groups excluding carboxylic acids is 1. The number of benzene rings is 2. The van der Waals surface area contributed by atoms with Gasteiger partial charge in [-0.3, -0.25) is 4.79 Å². The number of aryl methyl sites for hydroxylation is 2. The zero-order valence-corrected chi connectivity index (χ0v) is 17.9. The van der Waals surface area contributed by atoms with Gasteiger partial charge in [-0.15, -0.1) is 0 Å². The van der Waals surface area contributed by atoms with Gasteiger partial charge in [-0.05, 0) is 74.9 Å². The number of rotatable bonds is 7. The van der Waals surface area contributed by atoms with Gasteiger partial charge in [0, 0.05) is 6.04 Å². The number of hydrogen-bond donors (Lipinski definition) is 2. The molecular formula is C22H28N2O4S. The van der Waals surface area contributed by atoms with Gasteiger partial charge in [0.05, 0.1) is 10.9 Å². The summed E-state index contributed by atoms with van der Waals surface area (Å²) in [6, 6.07) is 12.6. The van der Waals surface area contributed by atoms with E-state index in [0.717, 1.165) is 19.3 Å². The number of ether oxygens (including phenoxy) is 1. The van der Waals surface area contributed by atoms with Gasteiger partial charge in [0.2, 0.25) is 10.0 Å². The first-order valence-electron chi connectivity index (χ1n) is 9.89. The van der Waals surface area contributed by atoms with E-state index in [1.165, 1.54) is 17.2 Å². The van der Waals surface area contributed by atoms with Gasteiger partial charge >= 0.3 is 0 Å². The fourth-order valence-corrected chi connectivity index (χ4v) is 4.95. The maximum Gasteiger partial charge on any atom is 0.258 e. The highest BCUT2D eigenvalue weighted by Gasteiger charge is 2.22. The van der Waals surface area contributed by atoms with Crippen molar-refractivity contribution in [1.29, 1.82) is 0 Å². The number of hydrogen-bond acceptors (Lipinski definition) is 4. The van der Waals surface area contributed by atoms with Crippen molar-refractivity contribution in [2.24, 2.45) is 0 Å². The Morgan fingerprint density at radius 3 is 2.69 bits per heavy atom. The smallest absolute Gasteiger partial charge is 0.258 e. The predicted octanol–water partition coefficient (Wildman–Crippen LogP) is 3.25. The topological polar surface area (TPSA) is 84.5 Å². The molecule has 1 aliphatic carbocycles. The van der Waals surface area contributed by atoms with Crippen molar-refractivity contribution < 1.29 is 17.9 Å². The minimum atomic E-state index is -3.56. The summed E-state index contributed by atoms with van der Waals surface area (Å²) in [6.45, 7) is 5.19. The molecule has 29 heavy (non-hydrogen) atoms. The van der Waals surface area contributed by atoms with Crippen LogP contribution in [0.3, 0.4) is 0 Å². The van der Waals surface area contributed by atoms with Gasteiger partial charge in [-0.2, -0.15) is 0 Å². The van der Waals surface area contributed by atoms with E-state index >= 15 is 0 Å². The molecule has 0 fully saturated rings. The van der Waals surface area contributed by atoms with E-state index in [2.05, 4.69) is 22.2 Å². The van der Waals surface area contributed by atoms with Crippen LogP contribution in [0, 0.1) is 6.92 Å². The second kappa shape index (κ2) is 8.97. The van der Waals surface area contributed by atoms with E-state index in [-0.39, 0.29) is 29.5 Å². The summed E-state index contributed by atoms with van der Waals surface area (Å²) >= 11 is 0. The van der Waals surface area contributed by atoms with Crippen molar-refractivity contribution in [3.8, 4) is 5.75 Å². The van der Waals surface area contributed by atoms with E-state index < -0.39 is 10.0 Å². The summed E-state index contributed by atoms with van der Waals surface area (Å²) in [5.74, 6) is 0.303. The zero-order valence-electron chi connectivity index (χ0n) is 17.1. The van der Waals surface area contributed by atoms with Gasteiger partial charge in [-0.25, -0.2) is 13.1 Å². The molecule has 0 saturated carbocycles. The van der Waals surface area contributed by atoms with Crippen LogP contribution >= 0.6 is 0 Å². The SMILES string of the molecule is Cc1cc(S(=O)(=O)NC(C)C)ccc1OCC(=O)NC1CCCc2ccccc21. The maximum atomic E-state index is 12.4. The molecule has 6 nitrogen and oxygen atoms in total. The first kappa shape index (κ1) is 21.3. The molecule has 0 saturated heterocycles. The molecule has 7 heteroatoms. The molecule has 1 atom stereocenters. The first-order chi connectivity index (χ1) is 13.8. The molecular weight excluding hydrogens is 388 g/mol. The second-order valence-electron chi connectivity index (χ2n) is 7.70. The molecule has 156 valence electrons. The van der Waals surface area contributed by atoms with Crippen LogP contribution in [0.2, 0.25) is 0 Å². The molecule has 3 rings (SSSR count). The van der Waals surface area contributed by atoms with Crippen molar-refractivity contribution in [1.82, 2.24) is 10.0 Å². The lowest BCUT2D eigenvalue weighted by Crippen LogP contribution is -2.34. The lowest BCUT2D eigenvalue weighted by atomic mass is 9.88. The van der Waals surface area contributed by atoms with Gasteiger partial charge in [-0.1, -0.05) is 24.3 Å². The van der Waals surface area contributed by atoms with Crippen LogP contribution in [-0.2, 0) is 21.2 Å². The van der Waals surface area contributed by atoms with E-state index in [1.807, 2.05) is 12.1 Å². The van der Waals surface area contributed by atoms with Gasteiger partial charge < -0.3 is 10.1 Å². The van der Waals surface area contributed by atoms with Gasteiger partial charge in [0.15, 0.2) is 6.61 Å². The Morgan fingerprint density at radius 2 is 1.97 bits per heavy atom. The largest absolute Gasteiger partial charge is 0.484 e. The molecule has 0 aromatic heterocycles. The van der Waals surface area contributed by atoms with Gasteiger partial charge in [0.25, 0.3) is 5.91 Å². The molecule has 1 amide bonds. The number of nitrogens with one attached hydrogen (secondary N) is 2. The Morgan fingerprint density at radius 1 is 1.21 bits per heavy atom. The molecule has 2 aromatic rings. The van der Waals surface area contributed by atoms with Crippen LogP contribution in [-0.4, -0.2) is 27.0 Å². The third-order valence-electron chi connectivity index (χ3n) is 4.91. The summed E-state index contributed by atoms with van der Waals surface area (Å²) in [6.07, 6.45) is 3.00. The molecule has 1 unspecified atom stereocenters. The van der Waals surface area contributed by atoms with Crippen molar-refractivity contribution in [3.63, 3.8) is 0 Å². The lowest BCUT2D eigenvalue weighted by Gasteiger charge is -2.26. The highest BCUT2D eigenvalue weighted by atomic mass is 32.2. The maximum absolute atomic E-state index is 12.4. The summed E-state index contributed by atoms with van der Waals surface area (Å²) in [7, 11) is -3.56. The number of sulfonamides is 1. The summed E-state index contributed by atoms with van der Waals surface area (Å²) in [5.41, 5.74) is 3.12. The average molecular weight is 417 g/mol. The molecule has 2 aromatic carbocycles. The monoisotopic (exact) mass is 416 g/mol. The third kappa shape index (κ3) is 5.36. The summed E-state index contributed by atoms with van der Waals surface area (Å²) < 4.78 is 32.8. The van der Waals surface area contributed by atoms with Crippen molar-refractivity contribution >= 4 is 15.9 Å². The molecule has 2 N–H and O–H groups in total. The number of fused-ring (bicyclic) bond motifs is 1. The van der Waals surface area contributed by atoms with Crippen LogP contribution in [0.5, 0.6) is 5.75 Å². The molecule has 1 aliphatic rings. The number of amides is 1. The fraction of sp³-hybridized carbons (Fsp3) is 0.409. The van der Waals surface area contributed by atoms with E-state index in [4.69, 9.17) is 4.74 Å². The Labute approximate surface area is 172 Å². The molecule has 0 spiro atoms. The quantitative estimate of drug-likeness (QED) is 0.726. The predicted molar refractivity (Wildman–Crippen MR) is 112 cm³/mol. The Balaban J connectivity index is 1.61.